The molecule has 24 heavy (non-hydrogen) atoms. The van der Waals surface area contributed by atoms with Crippen LogP contribution in [0.2, 0.25) is 0 Å². The lowest BCUT2D eigenvalue weighted by Crippen LogP contribution is -2.33. The molecule has 2 aromatic heterocycles. The molecule has 6 nitrogen and oxygen atoms in total. The summed E-state index contributed by atoms with van der Waals surface area (Å²) >= 11 is 0. The number of rotatable bonds is 5. The van der Waals surface area contributed by atoms with Crippen molar-refractivity contribution >= 4 is 11.7 Å². The number of nitrogens with zero attached hydrogens (tertiary/aromatic N) is 3. The van der Waals surface area contributed by atoms with Crippen LogP contribution in [0.25, 0.3) is 0 Å². The van der Waals surface area contributed by atoms with Crippen molar-refractivity contribution in [1.82, 2.24) is 14.7 Å². The van der Waals surface area contributed by atoms with Crippen molar-refractivity contribution in [2.24, 2.45) is 0 Å². The van der Waals surface area contributed by atoms with E-state index in [1.165, 1.54) is 0 Å². The van der Waals surface area contributed by atoms with Crippen LogP contribution in [0.5, 0.6) is 0 Å². The predicted molar refractivity (Wildman–Crippen MR) is 91.7 cm³/mol. The average Bonchev–Trinajstić information content (AvgIpc) is 3.26. The Morgan fingerprint density at radius 2 is 2.08 bits per heavy atom. The molecule has 0 fully saturated rings. The van der Waals surface area contributed by atoms with Crippen molar-refractivity contribution in [2.45, 2.75) is 19.5 Å². The Kier molecular flexibility index (Phi) is 4.65. The Hall–Kier alpha value is -3.02. The van der Waals surface area contributed by atoms with Crippen LogP contribution in [-0.2, 0) is 6.54 Å². The number of benzene rings is 1. The second-order valence-electron chi connectivity index (χ2n) is 5.64. The minimum Gasteiger partial charge on any atom is -0.467 e. The fraction of sp³-hybridized carbons (Fsp3) is 0.222. The Bertz CT molecular complexity index is 780. The van der Waals surface area contributed by atoms with Crippen LogP contribution in [0.4, 0.5) is 10.5 Å². The van der Waals surface area contributed by atoms with Gasteiger partial charge in [-0.05, 0) is 24.6 Å². The van der Waals surface area contributed by atoms with E-state index in [0.29, 0.717) is 12.2 Å². The smallest absolute Gasteiger partial charge is 0.322 e. The van der Waals surface area contributed by atoms with Crippen LogP contribution in [0.1, 0.15) is 24.3 Å². The predicted octanol–water partition coefficient (Wildman–Crippen LogP) is 3.75. The summed E-state index contributed by atoms with van der Waals surface area (Å²) in [6.45, 7) is 2.58. The van der Waals surface area contributed by atoms with Gasteiger partial charge in [-0.25, -0.2) is 4.79 Å². The zero-order chi connectivity index (χ0) is 16.9. The van der Waals surface area contributed by atoms with E-state index in [2.05, 4.69) is 10.4 Å². The van der Waals surface area contributed by atoms with E-state index in [0.717, 1.165) is 11.3 Å². The Morgan fingerprint density at radius 3 is 2.79 bits per heavy atom. The van der Waals surface area contributed by atoms with Gasteiger partial charge in [-0.15, -0.1) is 0 Å². The summed E-state index contributed by atoms with van der Waals surface area (Å²) < 4.78 is 7.14. The minimum atomic E-state index is -0.210. The molecule has 2 amide bonds. The van der Waals surface area contributed by atoms with E-state index < -0.39 is 0 Å². The highest BCUT2D eigenvalue weighted by Gasteiger charge is 2.19. The molecule has 0 saturated heterocycles. The minimum absolute atomic E-state index is 0.153. The number of aromatic nitrogens is 2. The number of anilines is 1. The van der Waals surface area contributed by atoms with Gasteiger partial charge in [-0.2, -0.15) is 5.10 Å². The maximum Gasteiger partial charge on any atom is 0.322 e. The van der Waals surface area contributed by atoms with E-state index in [-0.39, 0.29) is 12.1 Å². The van der Waals surface area contributed by atoms with Gasteiger partial charge in [-0.3, -0.25) is 4.68 Å². The van der Waals surface area contributed by atoms with E-state index in [1.807, 2.05) is 55.6 Å². The molecule has 0 aliphatic carbocycles. The van der Waals surface area contributed by atoms with Crippen molar-refractivity contribution in [1.29, 1.82) is 0 Å². The second-order valence-corrected chi connectivity index (χ2v) is 5.64. The Balaban J connectivity index is 1.60. The molecule has 1 N–H and O–H groups in total. The quantitative estimate of drug-likeness (QED) is 0.777. The first-order valence-electron chi connectivity index (χ1n) is 7.77. The highest BCUT2D eigenvalue weighted by Crippen LogP contribution is 2.20. The lowest BCUT2D eigenvalue weighted by molar-refractivity contribution is 0.201. The summed E-state index contributed by atoms with van der Waals surface area (Å²) in [4.78, 5) is 13.9. The summed E-state index contributed by atoms with van der Waals surface area (Å²) in [5.74, 6) is 0.743. The molecule has 0 aliphatic heterocycles. The Labute approximate surface area is 140 Å². The maximum atomic E-state index is 12.4. The third-order valence-electron chi connectivity index (χ3n) is 3.93. The number of furan rings is 1. The van der Waals surface area contributed by atoms with Gasteiger partial charge in [0.05, 0.1) is 30.7 Å². The van der Waals surface area contributed by atoms with Crippen LogP contribution >= 0.6 is 0 Å². The van der Waals surface area contributed by atoms with Crippen molar-refractivity contribution < 1.29 is 9.21 Å². The standard InChI is InChI=1S/C18H20N4O2/c1-14(17-9-6-10-24-17)21(2)18(23)20-16-11-19-22(13-16)12-15-7-4-3-5-8-15/h3-11,13-14H,12H2,1-2H3,(H,20,23). The molecule has 2 heterocycles. The molecule has 0 bridgehead atoms. The van der Waals surface area contributed by atoms with E-state index in [4.69, 9.17) is 4.42 Å². The molecule has 3 rings (SSSR count). The largest absolute Gasteiger partial charge is 0.467 e. The average molecular weight is 324 g/mol. The van der Waals surface area contributed by atoms with E-state index >= 15 is 0 Å². The molecule has 0 spiro atoms. The highest BCUT2D eigenvalue weighted by atomic mass is 16.3. The van der Waals surface area contributed by atoms with Gasteiger partial charge in [0.25, 0.3) is 0 Å². The third kappa shape index (κ3) is 3.65. The molecule has 0 aliphatic rings. The Morgan fingerprint density at radius 1 is 1.29 bits per heavy atom. The zero-order valence-corrected chi connectivity index (χ0v) is 13.7. The second kappa shape index (κ2) is 7.04. The van der Waals surface area contributed by atoms with Crippen LogP contribution in [0.3, 0.4) is 0 Å². The van der Waals surface area contributed by atoms with Crippen LogP contribution in [-0.4, -0.2) is 27.8 Å². The van der Waals surface area contributed by atoms with Crippen LogP contribution in [0.15, 0.2) is 65.5 Å². The van der Waals surface area contributed by atoms with Crippen molar-refractivity contribution in [3.8, 4) is 0 Å². The normalized spacial score (nSPS) is 11.9. The lowest BCUT2D eigenvalue weighted by Gasteiger charge is -2.23. The van der Waals surface area contributed by atoms with Crippen molar-refractivity contribution in [3.63, 3.8) is 0 Å². The van der Waals surface area contributed by atoms with Gasteiger partial charge in [0.2, 0.25) is 0 Å². The molecular formula is C18H20N4O2. The summed E-state index contributed by atoms with van der Waals surface area (Å²) in [7, 11) is 1.73. The van der Waals surface area contributed by atoms with Gasteiger partial charge in [0.15, 0.2) is 0 Å². The molecular weight excluding hydrogens is 304 g/mol. The van der Waals surface area contributed by atoms with Crippen LogP contribution < -0.4 is 5.32 Å². The fourth-order valence-electron chi connectivity index (χ4n) is 2.39. The molecule has 124 valence electrons. The van der Waals surface area contributed by atoms with Gasteiger partial charge < -0.3 is 14.6 Å². The number of nitrogens with one attached hydrogen (secondary N) is 1. The fourth-order valence-corrected chi connectivity index (χ4v) is 2.39. The number of urea groups is 1. The number of carbonyl (C=O) groups excluding carboxylic acids is 1. The monoisotopic (exact) mass is 324 g/mol. The molecule has 1 atom stereocenters. The first-order valence-corrected chi connectivity index (χ1v) is 7.77. The summed E-state index contributed by atoms with van der Waals surface area (Å²) in [5, 5.41) is 7.14. The summed E-state index contributed by atoms with van der Waals surface area (Å²) in [6, 6.07) is 13.3. The number of hydrogen-bond donors (Lipinski definition) is 1. The molecule has 0 radical (unpaired) electrons. The van der Waals surface area contributed by atoms with Crippen molar-refractivity contribution in [3.05, 3.63) is 72.4 Å². The van der Waals surface area contributed by atoms with E-state index in [9.17, 15) is 4.79 Å². The SMILES string of the molecule is CC(c1ccco1)N(C)C(=O)Nc1cnn(Cc2ccccc2)c1. The lowest BCUT2D eigenvalue weighted by atomic mass is 10.2. The summed E-state index contributed by atoms with van der Waals surface area (Å²) in [5.41, 5.74) is 1.82. The molecule has 0 saturated carbocycles. The highest BCUT2D eigenvalue weighted by molar-refractivity contribution is 5.89. The molecule has 3 aromatic rings. The first kappa shape index (κ1) is 15.9. The number of amides is 2. The zero-order valence-electron chi connectivity index (χ0n) is 13.7. The van der Waals surface area contributed by atoms with Gasteiger partial charge in [0, 0.05) is 13.2 Å². The maximum absolute atomic E-state index is 12.4. The number of hydrogen-bond acceptors (Lipinski definition) is 3. The number of carbonyl (C=O) groups is 1. The summed E-state index contributed by atoms with van der Waals surface area (Å²) in [6.07, 6.45) is 5.06. The van der Waals surface area contributed by atoms with Gasteiger partial charge >= 0.3 is 6.03 Å². The third-order valence-corrected chi connectivity index (χ3v) is 3.93. The molecule has 1 unspecified atom stereocenters. The van der Waals surface area contributed by atoms with Gasteiger partial charge in [0.1, 0.15) is 5.76 Å². The van der Waals surface area contributed by atoms with Gasteiger partial charge in [-0.1, -0.05) is 30.3 Å². The van der Waals surface area contributed by atoms with Crippen LogP contribution in [0, 0.1) is 0 Å². The molecule has 6 heteroatoms. The first-order chi connectivity index (χ1) is 11.6. The topological polar surface area (TPSA) is 63.3 Å². The van der Waals surface area contributed by atoms with E-state index in [1.54, 1.807) is 29.1 Å². The van der Waals surface area contributed by atoms with Crippen molar-refractivity contribution in [2.75, 3.05) is 12.4 Å². The molecule has 1 aromatic carbocycles.